The summed E-state index contributed by atoms with van der Waals surface area (Å²) in [4.78, 5) is 11.5. The van der Waals surface area contributed by atoms with Crippen molar-refractivity contribution < 1.29 is 24.1 Å². The van der Waals surface area contributed by atoms with Gasteiger partial charge in [-0.1, -0.05) is 6.92 Å². The normalized spacial score (nSPS) is 14.9. The summed E-state index contributed by atoms with van der Waals surface area (Å²) >= 11 is 0. The van der Waals surface area contributed by atoms with Gasteiger partial charge >= 0.3 is 5.97 Å². The van der Waals surface area contributed by atoms with E-state index >= 15 is 0 Å². The Hall–Kier alpha value is -0.650. The lowest BCUT2D eigenvalue weighted by atomic mass is 10.0. The SMILES string of the molecule is CCOC(=O)[C@](CC)(CO)OCOC. The molecule has 0 aromatic rings. The summed E-state index contributed by atoms with van der Waals surface area (Å²) in [6, 6.07) is 0. The third-order valence-electron chi connectivity index (χ3n) is 1.93. The monoisotopic (exact) mass is 206 g/mol. The van der Waals surface area contributed by atoms with Crippen LogP contribution in [0, 0.1) is 0 Å². The third-order valence-corrected chi connectivity index (χ3v) is 1.93. The Morgan fingerprint density at radius 3 is 2.43 bits per heavy atom. The zero-order valence-electron chi connectivity index (χ0n) is 8.91. The fourth-order valence-corrected chi connectivity index (χ4v) is 0.962. The number of carbonyl (C=O) groups is 1. The lowest BCUT2D eigenvalue weighted by Crippen LogP contribution is -2.46. The summed E-state index contributed by atoms with van der Waals surface area (Å²) in [7, 11) is 1.45. The number of aliphatic hydroxyl groups is 1. The minimum atomic E-state index is -1.29. The van der Waals surface area contributed by atoms with Gasteiger partial charge in [0.25, 0.3) is 0 Å². The molecule has 0 heterocycles. The van der Waals surface area contributed by atoms with Crippen LogP contribution in [-0.4, -0.2) is 43.8 Å². The van der Waals surface area contributed by atoms with E-state index in [1.165, 1.54) is 7.11 Å². The Morgan fingerprint density at radius 1 is 1.43 bits per heavy atom. The Balaban J connectivity index is 4.42. The Labute approximate surface area is 84.0 Å². The van der Waals surface area contributed by atoms with Crippen LogP contribution in [0.3, 0.4) is 0 Å². The van der Waals surface area contributed by atoms with Crippen molar-refractivity contribution in [1.82, 2.24) is 0 Å². The van der Waals surface area contributed by atoms with Gasteiger partial charge in [-0.2, -0.15) is 0 Å². The van der Waals surface area contributed by atoms with Crippen LogP contribution in [0.2, 0.25) is 0 Å². The summed E-state index contributed by atoms with van der Waals surface area (Å²) in [6.45, 7) is 3.24. The summed E-state index contributed by atoms with van der Waals surface area (Å²) in [6.07, 6.45) is 0.339. The summed E-state index contributed by atoms with van der Waals surface area (Å²) in [5, 5.41) is 9.12. The van der Waals surface area contributed by atoms with Crippen LogP contribution in [0.4, 0.5) is 0 Å². The number of methoxy groups -OCH3 is 1. The fraction of sp³-hybridized carbons (Fsp3) is 0.889. The molecule has 5 nitrogen and oxygen atoms in total. The van der Waals surface area contributed by atoms with E-state index in [0.29, 0.717) is 6.42 Å². The first kappa shape index (κ1) is 13.4. The molecule has 0 unspecified atom stereocenters. The van der Waals surface area contributed by atoms with E-state index in [0.717, 1.165) is 0 Å². The van der Waals surface area contributed by atoms with Crippen molar-refractivity contribution in [2.75, 3.05) is 27.1 Å². The van der Waals surface area contributed by atoms with Gasteiger partial charge in [0, 0.05) is 7.11 Å². The number of hydrogen-bond acceptors (Lipinski definition) is 5. The van der Waals surface area contributed by atoms with Crippen LogP contribution in [-0.2, 0) is 19.0 Å². The zero-order chi connectivity index (χ0) is 11.0. The minimum absolute atomic E-state index is 0.0484. The third kappa shape index (κ3) is 3.25. The first-order valence-corrected chi connectivity index (χ1v) is 4.57. The molecule has 0 saturated carbocycles. The van der Waals surface area contributed by atoms with Crippen molar-refractivity contribution in [2.45, 2.75) is 25.9 Å². The predicted molar refractivity (Wildman–Crippen MR) is 49.7 cm³/mol. The Bertz CT molecular complexity index is 165. The van der Waals surface area contributed by atoms with E-state index in [-0.39, 0.29) is 13.4 Å². The minimum Gasteiger partial charge on any atom is -0.464 e. The molecule has 1 atom stereocenters. The molecule has 0 rings (SSSR count). The van der Waals surface area contributed by atoms with Gasteiger partial charge in [0.1, 0.15) is 6.79 Å². The van der Waals surface area contributed by atoms with Gasteiger partial charge < -0.3 is 19.3 Å². The van der Waals surface area contributed by atoms with Crippen molar-refractivity contribution in [3.8, 4) is 0 Å². The van der Waals surface area contributed by atoms with Crippen LogP contribution >= 0.6 is 0 Å². The highest BCUT2D eigenvalue weighted by atomic mass is 16.7. The molecular weight excluding hydrogens is 188 g/mol. The topological polar surface area (TPSA) is 65.0 Å². The molecule has 14 heavy (non-hydrogen) atoms. The van der Waals surface area contributed by atoms with Crippen molar-refractivity contribution in [1.29, 1.82) is 0 Å². The molecule has 0 amide bonds. The number of rotatable bonds is 7. The lowest BCUT2D eigenvalue weighted by Gasteiger charge is -2.27. The van der Waals surface area contributed by atoms with Crippen molar-refractivity contribution in [2.24, 2.45) is 0 Å². The summed E-state index contributed by atoms with van der Waals surface area (Å²) in [5.41, 5.74) is -1.29. The first-order chi connectivity index (χ1) is 6.66. The second kappa shape index (κ2) is 6.75. The van der Waals surface area contributed by atoms with Crippen molar-refractivity contribution >= 4 is 5.97 Å². The van der Waals surface area contributed by atoms with Crippen LogP contribution in [0.15, 0.2) is 0 Å². The van der Waals surface area contributed by atoms with Gasteiger partial charge in [-0.15, -0.1) is 0 Å². The zero-order valence-corrected chi connectivity index (χ0v) is 8.91. The van der Waals surface area contributed by atoms with E-state index in [9.17, 15) is 4.79 Å². The van der Waals surface area contributed by atoms with Crippen molar-refractivity contribution in [3.05, 3.63) is 0 Å². The molecule has 5 heteroatoms. The molecule has 0 radical (unpaired) electrons. The average Bonchev–Trinajstić information content (AvgIpc) is 2.21. The predicted octanol–water partition coefficient (Wildman–Crippen LogP) is 0.311. The molecule has 0 bridgehead atoms. The highest BCUT2D eigenvalue weighted by Gasteiger charge is 2.39. The van der Waals surface area contributed by atoms with Crippen molar-refractivity contribution in [3.63, 3.8) is 0 Å². The quantitative estimate of drug-likeness (QED) is 0.479. The molecule has 0 fully saturated rings. The molecule has 0 aromatic carbocycles. The smallest absolute Gasteiger partial charge is 0.340 e. The van der Waals surface area contributed by atoms with E-state index in [1.807, 2.05) is 0 Å². The number of ether oxygens (including phenoxy) is 3. The second-order valence-corrected chi connectivity index (χ2v) is 2.78. The summed E-state index contributed by atoms with van der Waals surface area (Å²) in [5.74, 6) is -0.554. The highest BCUT2D eigenvalue weighted by molar-refractivity contribution is 5.79. The van der Waals surface area contributed by atoms with Gasteiger partial charge in [0.05, 0.1) is 13.2 Å². The maximum atomic E-state index is 11.5. The fourth-order valence-electron chi connectivity index (χ4n) is 0.962. The summed E-state index contributed by atoms with van der Waals surface area (Å²) < 4.78 is 14.6. The first-order valence-electron chi connectivity index (χ1n) is 4.57. The maximum Gasteiger partial charge on any atom is 0.340 e. The molecule has 1 N–H and O–H groups in total. The molecule has 0 aromatic heterocycles. The standard InChI is InChI=1S/C9H18O5/c1-4-9(6-10,14-7-12-3)8(11)13-5-2/h10H,4-7H2,1-3H3/t9-/m0/s1. The Morgan fingerprint density at radius 2 is 2.07 bits per heavy atom. The van der Waals surface area contributed by atoms with Gasteiger partial charge in [0.15, 0.2) is 5.60 Å². The number of aliphatic hydroxyl groups excluding tert-OH is 1. The van der Waals surface area contributed by atoms with E-state index in [4.69, 9.17) is 14.6 Å². The number of carbonyl (C=O) groups excluding carboxylic acids is 1. The van der Waals surface area contributed by atoms with Gasteiger partial charge in [-0.05, 0) is 13.3 Å². The molecule has 0 spiro atoms. The highest BCUT2D eigenvalue weighted by Crippen LogP contribution is 2.17. The molecular formula is C9H18O5. The Kier molecular flexibility index (Phi) is 6.44. The number of hydrogen-bond donors (Lipinski definition) is 1. The second-order valence-electron chi connectivity index (χ2n) is 2.78. The molecule has 0 aliphatic carbocycles. The number of esters is 1. The van der Waals surface area contributed by atoms with E-state index < -0.39 is 18.2 Å². The average molecular weight is 206 g/mol. The molecule has 0 aliphatic rings. The van der Waals surface area contributed by atoms with Gasteiger partial charge in [-0.25, -0.2) is 4.79 Å². The van der Waals surface area contributed by atoms with Crippen LogP contribution in [0.1, 0.15) is 20.3 Å². The lowest BCUT2D eigenvalue weighted by molar-refractivity contribution is -0.195. The van der Waals surface area contributed by atoms with Crippen LogP contribution in [0.25, 0.3) is 0 Å². The van der Waals surface area contributed by atoms with Crippen LogP contribution < -0.4 is 0 Å². The maximum absolute atomic E-state index is 11.5. The van der Waals surface area contributed by atoms with Crippen LogP contribution in [0.5, 0.6) is 0 Å². The van der Waals surface area contributed by atoms with Gasteiger partial charge in [0.2, 0.25) is 0 Å². The largest absolute Gasteiger partial charge is 0.464 e. The molecule has 84 valence electrons. The molecule has 0 aliphatic heterocycles. The molecule has 0 saturated heterocycles. The van der Waals surface area contributed by atoms with Gasteiger partial charge in [-0.3, -0.25) is 0 Å². The van der Waals surface area contributed by atoms with E-state index in [1.54, 1.807) is 13.8 Å². The van der Waals surface area contributed by atoms with E-state index in [2.05, 4.69) is 4.74 Å².